The van der Waals surface area contributed by atoms with Crippen molar-refractivity contribution in [3.63, 3.8) is 0 Å². The second kappa shape index (κ2) is 7.65. The number of methoxy groups -OCH3 is 1. The Hall–Kier alpha value is -3.41. The Balaban J connectivity index is 1.73. The summed E-state index contributed by atoms with van der Waals surface area (Å²) in [5.41, 5.74) is 11.0. The van der Waals surface area contributed by atoms with E-state index in [0.29, 0.717) is 18.4 Å². The molecule has 0 bridgehead atoms. The quantitative estimate of drug-likeness (QED) is 0.361. The van der Waals surface area contributed by atoms with Crippen molar-refractivity contribution in [1.29, 1.82) is 5.41 Å². The van der Waals surface area contributed by atoms with Gasteiger partial charge in [-0.3, -0.25) is 15.3 Å². The van der Waals surface area contributed by atoms with Crippen LogP contribution in [0.5, 0.6) is 0 Å². The average Bonchev–Trinajstić information content (AvgIpc) is 3.16. The summed E-state index contributed by atoms with van der Waals surface area (Å²) in [7, 11) is 1.40. The van der Waals surface area contributed by atoms with E-state index in [0.717, 1.165) is 28.1 Å². The Morgan fingerprint density at radius 3 is 2.38 bits per heavy atom. The Morgan fingerprint density at radius 2 is 1.77 bits per heavy atom. The maximum Gasteiger partial charge on any atom is 0.305 e. The number of carbonyl (C=O) groups is 1. The maximum absolute atomic E-state index is 11.2. The highest BCUT2D eigenvalue weighted by atomic mass is 16.5. The zero-order valence-corrected chi connectivity index (χ0v) is 14.5. The molecular formula is C20H20N4O2. The van der Waals surface area contributed by atoms with Crippen LogP contribution < -0.4 is 5.73 Å². The van der Waals surface area contributed by atoms with Crippen LogP contribution in [0.2, 0.25) is 0 Å². The predicted molar refractivity (Wildman–Crippen MR) is 101 cm³/mol. The SMILES string of the molecule is COC(=O)CCc1ccc(-c2cc(-c3ccc(C(=N)N)cc3)n[nH]2)cc1. The molecule has 0 aliphatic heterocycles. The molecular weight excluding hydrogens is 328 g/mol. The van der Waals surface area contributed by atoms with Gasteiger partial charge in [0.05, 0.1) is 18.5 Å². The van der Waals surface area contributed by atoms with Gasteiger partial charge in [-0.15, -0.1) is 0 Å². The lowest BCUT2D eigenvalue weighted by Crippen LogP contribution is -2.10. The van der Waals surface area contributed by atoms with Gasteiger partial charge < -0.3 is 10.5 Å². The summed E-state index contributed by atoms with van der Waals surface area (Å²) < 4.78 is 4.66. The number of nitrogens with one attached hydrogen (secondary N) is 2. The molecule has 0 saturated heterocycles. The highest BCUT2D eigenvalue weighted by Gasteiger charge is 2.07. The predicted octanol–water partition coefficient (Wildman–Crippen LogP) is 3.13. The number of H-pyrrole nitrogens is 1. The first-order chi connectivity index (χ1) is 12.6. The van der Waals surface area contributed by atoms with Gasteiger partial charge in [0.1, 0.15) is 5.84 Å². The second-order valence-corrected chi connectivity index (χ2v) is 5.93. The van der Waals surface area contributed by atoms with E-state index < -0.39 is 0 Å². The van der Waals surface area contributed by atoms with Gasteiger partial charge in [-0.1, -0.05) is 48.5 Å². The third kappa shape index (κ3) is 3.97. The molecule has 0 amide bonds. The van der Waals surface area contributed by atoms with Gasteiger partial charge in [-0.2, -0.15) is 5.10 Å². The number of aromatic nitrogens is 2. The lowest BCUT2D eigenvalue weighted by atomic mass is 10.0. The number of hydrogen-bond donors (Lipinski definition) is 3. The van der Waals surface area contributed by atoms with Crippen LogP contribution in [-0.4, -0.2) is 29.1 Å². The number of carbonyl (C=O) groups excluding carboxylic acids is 1. The molecule has 0 fully saturated rings. The highest BCUT2D eigenvalue weighted by Crippen LogP contribution is 2.24. The number of aryl methyl sites for hydroxylation is 1. The molecule has 6 heteroatoms. The highest BCUT2D eigenvalue weighted by molar-refractivity contribution is 5.95. The van der Waals surface area contributed by atoms with Crippen molar-refractivity contribution in [2.24, 2.45) is 5.73 Å². The second-order valence-electron chi connectivity index (χ2n) is 5.93. The molecule has 0 aliphatic carbocycles. The molecule has 6 nitrogen and oxygen atoms in total. The number of aromatic amines is 1. The van der Waals surface area contributed by atoms with Gasteiger partial charge in [0.25, 0.3) is 0 Å². The monoisotopic (exact) mass is 348 g/mol. The number of nitrogens with two attached hydrogens (primary N) is 1. The van der Waals surface area contributed by atoms with Crippen molar-refractivity contribution >= 4 is 11.8 Å². The molecule has 0 spiro atoms. The number of esters is 1. The summed E-state index contributed by atoms with van der Waals surface area (Å²) in [6, 6.07) is 17.4. The van der Waals surface area contributed by atoms with Crippen molar-refractivity contribution < 1.29 is 9.53 Å². The van der Waals surface area contributed by atoms with Crippen molar-refractivity contribution in [1.82, 2.24) is 10.2 Å². The molecule has 0 aliphatic rings. The maximum atomic E-state index is 11.2. The van der Waals surface area contributed by atoms with E-state index in [1.807, 2.05) is 54.6 Å². The zero-order chi connectivity index (χ0) is 18.5. The molecule has 0 unspecified atom stereocenters. The van der Waals surface area contributed by atoms with Gasteiger partial charge in [0.15, 0.2) is 0 Å². The summed E-state index contributed by atoms with van der Waals surface area (Å²) in [6.45, 7) is 0. The molecule has 132 valence electrons. The largest absolute Gasteiger partial charge is 0.469 e. The third-order valence-electron chi connectivity index (χ3n) is 4.18. The number of ether oxygens (including phenoxy) is 1. The van der Waals surface area contributed by atoms with Crippen LogP contribution in [0.1, 0.15) is 17.5 Å². The zero-order valence-electron chi connectivity index (χ0n) is 14.5. The molecule has 0 radical (unpaired) electrons. The average molecular weight is 348 g/mol. The number of nitrogen functional groups attached to an aromatic ring is 1. The minimum Gasteiger partial charge on any atom is -0.469 e. The van der Waals surface area contributed by atoms with Crippen LogP contribution in [0.25, 0.3) is 22.5 Å². The van der Waals surface area contributed by atoms with E-state index >= 15 is 0 Å². The van der Waals surface area contributed by atoms with Crippen LogP contribution in [-0.2, 0) is 16.0 Å². The molecule has 4 N–H and O–H groups in total. The summed E-state index contributed by atoms with van der Waals surface area (Å²) in [5.74, 6) is -0.158. The standard InChI is InChI=1S/C20H20N4O2/c1-26-19(25)11-4-13-2-5-14(6-3-13)17-12-18(24-23-17)15-7-9-16(10-8-15)20(21)22/h2-3,5-10,12H,4,11H2,1H3,(H3,21,22)(H,23,24). The lowest BCUT2D eigenvalue weighted by molar-refractivity contribution is -0.140. The molecule has 3 aromatic rings. The molecule has 0 atom stereocenters. The first-order valence-electron chi connectivity index (χ1n) is 8.23. The summed E-state index contributed by atoms with van der Waals surface area (Å²) in [5, 5.41) is 14.8. The fourth-order valence-corrected chi connectivity index (χ4v) is 2.64. The molecule has 1 aromatic heterocycles. The Kier molecular flexibility index (Phi) is 5.12. The normalized spacial score (nSPS) is 10.5. The number of benzene rings is 2. The lowest BCUT2D eigenvalue weighted by Gasteiger charge is -2.02. The van der Waals surface area contributed by atoms with Gasteiger partial charge in [0.2, 0.25) is 0 Å². The summed E-state index contributed by atoms with van der Waals surface area (Å²) in [4.78, 5) is 11.2. The van der Waals surface area contributed by atoms with Crippen LogP contribution >= 0.6 is 0 Å². The fraction of sp³-hybridized carbons (Fsp3) is 0.150. The van der Waals surface area contributed by atoms with E-state index in [-0.39, 0.29) is 11.8 Å². The number of nitrogens with zero attached hydrogens (tertiary/aromatic N) is 1. The Morgan fingerprint density at radius 1 is 1.12 bits per heavy atom. The van der Waals surface area contributed by atoms with Crippen molar-refractivity contribution in [3.05, 3.63) is 65.7 Å². The number of amidine groups is 1. The van der Waals surface area contributed by atoms with Crippen LogP contribution in [0.4, 0.5) is 0 Å². The van der Waals surface area contributed by atoms with E-state index in [4.69, 9.17) is 11.1 Å². The van der Waals surface area contributed by atoms with Crippen molar-refractivity contribution in [2.75, 3.05) is 7.11 Å². The number of rotatable bonds is 6. The van der Waals surface area contributed by atoms with E-state index in [9.17, 15) is 4.79 Å². The third-order valence-corrected chi connectivity index (χ3v) is 4.18. The Bertz CT molecular complexity index is 912. The molecule has 2 aromatic carbocycles. The van der Waals surface area contributed by atoms with Gasteiger partial charge >= 0.3 is 5.97 Å². The molecule has 3 rings (SSSR count). The van der Waals surface area contributed by atoms with Crippen molar-refractivity contribution in [2.45, 2.75) is 12.8 Å². The Labute approximate surface area is 151 Å². The number of hydrogen-bond acceptors (Lipinski definition) is 4. The minimum absolute atomic E-state index is 0.0477. The fourth-order valence-electron chi connectivity index (χ4n) is 2.64. The summed E-state index contributed by atoms with van der Waals surface area (Å²) >= 11 is 0. The minimum atomic E-state index is -0.205. The first kappa shape index (κ1) is 17.4. The van der Waals surface area contributed by atoms with Crippen molar-refractivity contribution in [3.8, 4) is 22.5 Å². The summed E-state index contributed by atoms with van der Waals surface area (Å²) in [6.07, 6.45) is 1.03. The van der Waals surface area contributed by atoms with Gasteiger partial charge in [-0.25, -0.2) is 0 Å². The first-order valence-corrected chi connectivity index (χ1v) is 8.23. The van der Waals surface area contributed by atoms with Gasteiger partial charge in [-0.05, 0) is 23.6 Å². The smallest absolute Gasteiger partial charge is 0.305 e. The van der Waals surface area contributed by atoms with E-state index in [2.05, 4.69) is 14.9 Å². The van der Waals surface area contributed by atoms with Crippen LogP contribution in [0, 0.1) is 5.41 Å². The topological polar surface area (TPSA) is 105 Å². The van der Waals surface area contributed by atoms with Crippen LogP contribution in [0.3, 0.4) is 0 Å². The van der Waals surface area contributed by atoms with Gasteiger partial charge in [0, 0.05) is 17.5 Å². The molecule has 1 heterocycles. The molecule has 26 heavy (non-hydrogen) atoms. The van der Waals surface area contributed by atoms with E-state index in [1.54, 1.807) is 0 Å². The van der Waals surface area contributed by atoms with E-state index in [1.165, 1.54) is 7.11 Å². The molecule has 0 saturated carbocycles. The van der Waals surface area contributed by atoms with Crippen LogP contribution in [0.15, 0.2) is 54.6 Å².